The van der Waals surface area contributed by atoms with Gasteiger partial charge in [-0.2, -0.15) is 5.10 Å². The van der Waals surface area contributed by atoms with Crippen molar-refractivity contribution in [3.8, 4) is 17.0 Å². The van der Waals surface area contributed by atoms with Crippen LogP contribution in [0.3, 0.4) is 0 Å². The number of aromatic amines is 1. The fourth-order valence-electron chi connectivity index (χ4n) is 1.48. The number of carbonyl (C=O) groups is 1. The molecule has 4 nitrogen and oxygen atoms in total. The van der Waals surface area contributed by atoms with Crippen molar-refractivity contribution in [3.05, 3.63) is 35.5 Å². The predicted molar refractivity (Wildman–Crippen MR) is 55.9 cm³/mol. The molecule has 6 heteroatoms. The molecule has 0 atom stereocenters. The molecule has 1 aromatic carbocycles. The quantitative estimate of drug-likeness (QED) is 0.834. The van der Waals surface area contributed by atoms with E-state index in [1.807, 2.05) is 0 Å². The maximum absolute atomic E-state index is 13.7. The smallest absolute Gasteiger partial charge is 0.165 e. The van der Waals surface area contributed by atoms with E-state index < -0.39 is 11.6 Å². The monoisotopic (exact) mass is 238 g/mol. The van der Waals surface area contributed by atoms with E-state index >= 15 is 0 Å². The van der Waals surface area contributed by atoms with Crippen molar-refractivity contribution >= 4 is 6.29 Å². The summed E-state index contributed by atoms with van der Waals surface area (Å²) in [6, 6.07) is 1.87. The van der Waals surface area contributed by atoms with Crippen LogP contribution in [-0.2, 0) is 0 Å². The van der Waals surface area contributed by atoms with Crippen LogP contribution in [0.2, 0.25) is 0 Å². The molecule has 0 aliphatic heterocycles. The minimum Gasteiger partial charge on any atom is -0.494 e. The molecule has 0 unspecified atom stereocenters. The van der Waals surface area contributed by atoms with Crippen LogP contribution in [0, 0.1) is 11.6 Å². The first-order chi connectivity index (χ1) is 8.17. The third-order valence-corrected chi connectivity index (χ3v) is 2.31. The van der Waals surface area contributed by atoms with Gasteiger partial charge in [-0.05, 0) is 6.07 Å². The first-order valence-electron chi connectivity index (χ1n) is 4.69. The lowest BCUT2D eigenvalue weighted by Gasteiger charge is -2.06. The highest BCUT2D eigenvalue weighted by molar-refractivity contribution is 5.85. The van der Waals surface area contributed by atoms with Crippen molar-refractivity contribution in [1.82, 2.24) is 10.2 Å². The van der Waals surface area contributed by atoms with Crippen LogP contribution in [0.1, 0.15) is 10.4 Å². The Morgan fingerprint density at radius 2 is 2.12 bits per heavy atom. The highest BCUT2D eigenvalue weighted by Gasteiger charge is 2.15. The van der Waals surface area contributed by atoms with Gasteiger partial charge < -0.3 is 4.74 Å². The molecule has 2 rings (SSSR count). The van der Waals surface area contributed by atoms with Crippen molar-refractivity contribution in [2.24, 2.45) is 0 Å². The van der Waals surface area contributed by atoms with Gasteiger partial charge in [0.25, 0.3) is 0 Å². The van der Waals surface area contributed by atoms with Crippen molar-refractivity contribution in [1.29, 1.82) is 0 Å². The van der Waals surface area contributed by atoms with Gasteiger partial charge in [0.1, 0.15) is 5.82 Å². The van der Waals surface area contributed by atoms with E-state index in [2.05, 4.69) is 14.9 Å². The van der Waals surface area contributed by atoms with Crippen LogP contribution in [0.4, 0.5) is 8.78 Å². The minimum absolute atomic E-state index is 0.0668. The highest BCUT2D eigenvalue weighted by Crippen LogP contribution is 2.29. The second kappa shape index (κ2) is 4.32. The summed E-state index contributed by atoms with van der Waals surface area (Å²) in [4.78, 5) is 10.7. The summed E-state index contributed by atoms with van der Waals surface area (Å²) in [5, 5.41) is 6.06. The summed E-state index contributed by atoms with van der Waals surface area (Å²) >= 11 is 0. The minimum atomic E-state index is -0.713. The SMILES string of the molecule is COc1cc(F)c(-c2[nH]ncc2C=O)cc1F. The molecule has 0 amide bonds. The molecule has 0 radical (unpaired) electrons. The Morgan fingerprint density at radius 1 is 1.35 bits per heavy atom. The maximum atomic E-state index is 13.7. The topological polar surface area (TPSA) is 55.0 Å². The number of rotatable bonds is 3. The Labute approximate surface area is 95.2 Å². The van der Waals surface area contributed by atoms with Crippen LogP contribution in [0.5, 0.6) is 5.75 Å². The third kappa shape index (κ3) is 1.89. The molecular weight excluding hydrogens is 230 g/mol. The van der Waals surface area contributed by atoms with Gasteiger partial charge in [-0.25, -0.2) is 8.78 Å². The molecule has 0 saturated heterocycles. The van der Waals surface area contributed by atoms with E-state index in [0.29, 0.717) is 6.29 Å². The zero-order chi connectivity index (χ0) is 12.4. The third-order valence-electron chi connectivity index (χ3n) is 2.31. The van der Waals surface area contributed by atoms with Crippen LogP contribution in [0.25, 0.3) is 11.3 Å². The lowest BCUT2D eigenvalue weighted by atomic mass is 10.1. The summed E-state index contributed by atoms with van der Waals surface area (Å²) in [5.74, 6) is -1.61. The zero-order valence-corrected chi connectivity index (χ0v) is 8.83. The normalized spacial score (nSPS) is 10.3. The van der Waals surface area contributed by atoms with E-state index in [9.17, 15) is 13.6 Å². The van der Waals surface area contributed by atoms with Crippen molar-refractivity contribution in [3.63, 3.8) is 0 Å². The number of benzene rings is 1. The van der Waals surface area contributed by atoms with Gasteiger partial charge in [0.2, 0.25) is 0 Å². The van der Waals surface area contributed by atoms with Gasteiger partial charge in [-0.1, -0.05) is 0 Å². The Hall–Kier alpha value is -2.24. The first kappa shape index (κ1) is 11.3. The first-order valence-corrected chi connectivity index (χ1v) is 4.69. The van der Waals surface area contributed by atoms with E-state index in [-0.39, 0.29) is 22.6 Å². The number of ether oxygens (including phenoxy) is 1. The number of halogens is 2. The number of aldehydes is 1. The standard InChI is InChI=1S/C11H8F2N2O2/c1-17-10-3-8(12)7(2-9(10)13)11-6(5-16)4-14-15-11/h2-5H,1H3,(H,14,15). The second-order valence-electron chi connectivity index (χ2n) is 3.28. The van der Waals surface area contributed by atoms with Gasteiger partial charge >= 0.3 is 0 Å². The molecule has 0 aliphatic carbocycles. The number of methoxy groups -OCH3 is 1. The number of nitrogens with one attached hydrogen (secondary N) is 1. The molecular formula is C11H8F2N2O2. The number of carbonyl (C=O) groups excluding carboxylic acids is 1. The van der Waals surface area contributed by atoms with E-state index in [1.54, 1.807) is 0 Å². The molecule has 1 heterocycles. The van der Waals surface area contributed by atoms with Gasteiger partial charge in [0, 0.05) is 11.6 Å². The molecule has 0 spiro atoms. The lowest BCUT2D eigenvalue weighted by molar-refractivity contribution is 0.112. The molecule has 0 aliphatic rings. The molecule has 1 N–H and O–H groups in total. The zero-order valence-electron chi connectivity index (χ0n) is 8.83. The number of H-pyrrole nitrogens is 1. The number of nitrogens with zero attached hydrogens (tertiary/aromatic N) is 1. The Balaban J connectivity index is 2.60. The van der Waals surface area contributed by atoms with Crippen LogP contribution < -0.4 is 4.74 Å². The van der Waals surface area contributed by atoms with E-state index in [0.717, 1.165) is 12.1 Å². The molecule has 0 saturated carbocycles. The average molecular weight is 238 g/mol. The summed E-state index contributed by atoms with van der Waals surface area (Å²) in [6.45, 7) is 0. The summed E-state index contributed by atoms with van der Waals surface area (Å²) in [6.07, 6.45) is 1.75. The summed E-state index contributed by atoms with van der Waals surface area (Å²) in [7, 11) is 1.24. The fourth-order valence-corrected chi connectivity index (χ4v) is 1.48. The Kier molecular flexibility index (Phi) is 2.86. The molecule has 1 aromatic heterocycles. The molecule has 88 valence electrons. The van der Waals surface area contributed by atoms with Crippen molar-refractivity contribution < 1.29 is 18.3 Å². The second-order valence-corrected chi connectivity index (χ2v) is 3.28. The van der Waals surface area contributed by atoms with Crippen molar-refractivity contribution in [2.75, 3.05) is 7.11 Å². The van der Waals surface area contributed by atoms with Gasteiger partial charge in [-0.15, -0.1) is 0 Å². The molecule has 0 bridgehead atoms. The number of aromatic nitrogens is 2. The van der Waals surface area contributed by atoms with Gasteiger partial charge in [-0.3, -0.25) is 9.89 Å². The Bertz CT molecular complexity index is 567. The van der Waals surface area contributed by atoms with Gasteiger partial charge in [0.15, 0.2) is 17.9 Å². The van der Waals surface area contributed by atoms with Crippen LogP contribution in [0.15, 0.2) is 18.3 Å². The average Bonchev–Trinajstić information content (AvgIpc) is 2.79. The van der Waals surface area contributed by atoms with Gasteiger partial charge in [0.05, 0.1) is 24.6 Å². The number of hydrogen-bond acceptors (Lipinski definition) is 3. The fraction of sp³-hybridized carbons (Fsp3) is 0.0909. The summed E-state index contributed by atoms with van der Waals surface area (Å²) < 4.78 is 31.8. The molecule has 17 heavy (non-hydrogen) atoms. The molecule has 0 fully saturated rings. The largest absolute Gasteiger partial charge is 0.494 e. The number of hydrogen-bond donors (Lipinski definition) is 1. The molecule has 2 aromatic rings. The van der Waals surface area contributed by atoms with E-state index in [4.69, 9.17) is 0 Å². The predicted octanol–water partition coefficient (Wildman–Crippen LogP) is 2.18. The van der Waals surface area contributed by atoms with Crippen LogP contribution >= 0.6 is 0 Å². The lowest BCUT2D eigenvalue weighted by Crippen LogP contribution is -1.94. The maximum Gasteiger partial charge on any atom is 0.165 e. The highest BCUT2D eigenvalue weighted by atomic mass is 19.1. The summed E-state index contributed by atoms with van der Waals surface area (Å²) in [5.41, 5.74) is 0.232. The van der Waals surface area contributed by atoms with E-state index in [1.165, 1.54) is 13.3 Å². The van der Waals surface area contributed by atoms with Crippen LogP contribution in [-0.4, -0.2) is 23.6 Å². The van der Waals surface area contributed by atoms with Crippen molar-refractivity contribution in [2.45, 2.75) is 0 Å². The Morgan fingerprint density at radius 3 is 2.76 bits per heavy atom.